The first-order valence-electron chi connectivity index (χ1n) is 8.94. The summed E-state index contributed by atoms with van der Waals surface area (Å²) >= 11 is 0. The number of nitrogen functional groups attached to an aromatic ring is 1. The maximum Gasteiger partial charge on any atom is 0.222 e. The topological polar surface area (TPSA) is 97.2 Å². The molecule has 1 aliphatic carbocycles. The Labute approximate surface area is 148 Å². The van der Waals surface area contributed by atoms with Crippen molar-refractivity contribution >= 4 is 11.8 Å². The van der Waals surface area contributed by atoms with Crippen molar-refractivity contribution in [3.05, 3.63) is 41.9 Å². The minimum absolute atomic E-state index is 0.305. The lowest BCUT2D eigenvalue weighted by atomic mass is 9.78. The Morgan fingerprint density at radius 1 is 1.08 bits per heavy atom. The van der Waals surface area contributed by atoms with Gasteiger partial charge in [0.2, 0.25) is 5.95 Å². The summed E-state index contributed by atoms with van der Waals surface area (Å²) in [7, 11) is 0. The molecule has 2 fully saturated rings. The van der Waals surface area contributed by atoms with Crippen LogP contribution in [0.4, 0.5) is 11.8 Å². The number of rotatable bonds is 4. The average Bonchev–Trinajstić information content (AvgIpc) is 2.60. The van der Waals surface area contributed by atoms with E-state index in [2.05, 4.69) is 36.9 Å². The molecule has 0 amide bonds. The van der Waals surface area contributed by atoms with Crippen molar-refractivity contribution in [2.45, 2.75) is 31.3 Å². The molecular formula is C18H25N7. The maximum absolute atomic E-state index is 5.95. The molecule has 0 aromatic carbocycles. The maximum atomic E-state index is 5.95. The number of nitrogens with zero attached hydrogens (tertiary/aromatic N) is 5. The molecule has 2 aliphatic rings. The zero-order chi connectivity index (χ0) is 17.2. The fraction of sp³-hybridized carbons (Fsp3) is 0.500. The average molecular weight is 339 g/mol. The van der Waals surface area contributed by atoms with E-state index in [0.717, 1.165) is 62.8 Å². The highest BCUT2D eigenvalue weighted by Crippen LogP contribution is 2.35. The summed E-state index contributed by atoms with van der Waals surface area (Å²) in [5, 5.41) is 0. The third kappa shape index (κ3) is 3.72. The lowest BCUT2D eigenvalue weighted by Crippen LogP contribution is -2.46. The van der Waals surface area contributed by atoms with E-state index >= 15 is 0 Å². The van der Waals surface area contributed by atoms with Crippen LogP contribution < -0.4 is 16.4 Å². The van der Waals surface area contributed by atoms with Crippen LogP contribution in [0.3, 0.4) is 0 Å². The Bertz CT molecular complexity index is 707. The second kappa shape index (κ2) is 6.93. The van der Waals surface area contributed by atoms with Crippen LogP contribution in [-0.4, -0.2) is 52.1 Å². The van der Waals surface area contributed by atoms with Crippen LogP contribution in [-0.2, 0) is 6.54 Å². The summed E-state index contributed by atoms with van der Waals surface area (Å²) < 4.78 is 0. The van der Waals surface area contributed by atoms with Gasteiger partial charge < -0.3 is 16.4 Å². The zero-order valence-corrected chi connectivity index (χ0v) is 14.4. The van der Waals surface area contributed by atoms with Crippen molar-refractivity contribution in [2.24, 2.45) is 5.73 Å². The molecule has 132 valence electrons. The van der Waals surface area contributed by atoms with Crippen LogP contribution >= 0.6 is 0 Å². The second-order valence-corrected chi connectivity index (χ2v) is 7.02. The van der Waals surface area contributed by atoms with Gasteiger partial charge >= 0.3 is 0 Å². The van der Waals surface area contributed by atoms with Gasteiger partial charge in [-0.15, -0.1) is 0 Å². The van der Waals surface area contributed by atoms with Crippen molar-refractivity contribution in [1.82, 2.24) is 19.9 Å². The van der Waals surface area contributed by atoms with Crippen LogP contribution in [0, 0.1) is 0 Å². The Kier molecular flexibility index (Phi) is 4.50. The molecule has 7 heteroatoms. The van der Waals surface area contributed by atoms with E-state index in [-0.39, 0.29) is 0 Å². The number of piperazine rings is 1. The molecule has 0 atom stereocenters. The Morgan fingerprint density at radius 2 is 1.88 bits per heavy atom. The molecule has 0 unspecified atom stereocenters. The predicted molar refractivity (Wildman–Crippen MR) is 98.1 cm³/mol. The third-order valence-electron chi connectivity index (χ3n) is 5.15. The number of anilines is 2. The number of nitrogens with two attached hydrogens (primary N) is 2. The summed E-state index contributed by atoms with van der Waals surface area (Å²) in [5.74, 6) is 1.74. The van der Waals surface area contributed by atoms with Crippen LogP contribution in [0.5, 0.6) is 0 Å². The van der Waals surface area contributed by atoms with E-state index in [9.17, 15) is 0 Å². The summed E-state index contributed by atoms with van der Waals surface area (Å²) in [6, 6.07) is 8.47. The fourth-order valence-corrected chi connectivity index (χ4v) is 3.60. The molecule has 1 aliphatic heterocycles. The van der Waals surface area contributed by atoms with Gasteiger partial charge in [-0.2, -0.15) is 4.98 Å². The van der Waals surface area contributed by atoms with E-state index < -0.39 is 0 Å². The van der Waals surface area contributed by atoms with Gasteiger partial charge in [0.15, 0.2) is 0 Å². The van der Waals surface area contributed by atoms with Gasteiger partial charge in [0.1, 0.15) is 5.82 Å². The molecule has 0 bridgehead atoms. The van der Waals surface area contributed by atoms with Crippen molar-refractivity contribution in [1.29, 1.82) is 0 Å². The SMILES string of the molecule is Nc1nc(C2CC(N)C2)cc(N2CCN(Cc3ccccn3)CC2)n1. The molecule has 1 saturated heterocycles. The Balaban J connectivity index is 1.39. The van der Waals surface area contributed by atoms with Gasteiger partial charge in [0.25, 0.3) is 0 Å². The molecule has 4 N–H and O–H groups in total. The van der Waals surface area contributed by atoms with Crippen LogP contribution in [0.25, 0.3) is 0 Å². The van der Waals surface area contributed by atoms with Gasteiger partial charge in [-0.1, -0.05) is 6.07 Å². The number of hydrogen-bond donors (Lipinski definition) is 2. The zero-order valence-electron chi connectivity index (χ0n) is 14.4. The first-order valence-corrected chi connectivity index (χ1v) is 8.94. The summed E-state index contributed by atoms with van der Waals surface area (Å²) in [4.78, 5) is 18.0. The fourth-order valence-electron chi connectivity index (χ4n) is 3.60. The molecule has 2 aromatic heterocycles. The normalized spacial score (nSPS) is 24.1. The van der Waals surface area contributed by atoms with E-state index in [1.807, 2.05) is 18.3 Å². The Morgan fingerprint density at radius 3 is 2.56 bits per heavy atom. The van der Waals surface area contributed by atoms with E-state index in [1.54, 1.807) is 0 Å². The smallest absolute Gasteiger partial charge is 0.222 e. The lowest BCUT2D eigenvalue weighted by molar-refractivity contribution is 0.246. The van der Waals surface area contributed by atoms with Crippen molar-refractivity contribution in [3.8, 4) is 0 Å². The summed E-state index contributed by atoms with van der Waals surface area (Å²) in [6.45, 7) is 4.75. The molecule has 2 aromatic rings. The molecule has 25 heavy (non-hydrogen) atoms. The van der Waals surface area contributed by atoms with Crippen LogP contribution in [0.1, 0.15) is 30.1 Å². The van der Waals surface area contributed by atoms with E-state index in [0.29, 0.717) is 17.9 Å². The van der Waals surface area contributed by atoms with E-state index in [1.165, 1.54) is 0 Å². The lowest BCUT2D eigenvalue weighted by Gasteiger charge is -2.36. The minimum Gasteiger partial charge on any atom is -0.368 e. The van der Waals surface area contributed by atoms with Gasteiger partial charge in [0.05, 0.1) is 11.4 Å². The van der Waals surface area contributed by atoms with Crippen LogP contribution in [0.2, 0.25) is 0 Å². The molecule has 3 heterocycles. The van der Waals surface area contributed by atoms with Gasteiger partial charge in [-0.25, -0.2) is 4.98 Å². The number of pyridine rings is 1. The standard InChI is InChI=1S/C18H25N7/c19-14-9-13(10-14)16-11-17(23-18(20)22-16)25-7-5-24(6-8-25)12-15-3-1-2-4-21-15/h1-4,11,13-14H,5-10,12,19H2,(H2,20,22,23). The van der Waals surface area contributed by atoms with E-state index in [4.69, 9.17) is 11.5 Å². The monoisotopic (exact) mass is 339 g/mol. The largest absolute Gasteiger partial charge is 0.368 e. The van der Waals surface area contributed by atoms with Gasteiger partial charge in [0, 0.05) is 56.9 Å². The van der Waals surface area contributed by atoms with Gasteiger partial charge in [-0.3, -0.25) is 9.88 Å². The molecule has 0 radical (unpaired) electrons. The van der Waals surface area contributed by atoms with Crippen molar-refractivity contribution in [2.75, 3.05) is 36.8 Å². The van der Waals surface area contributed by atoms with Crippen molar-refractivity contribution in [3.63, 3.8) is 0 Å². The molecular weight excluding hydrogens is 314 g/mol. The summed E-state index contributed by atoms with van der Waals surface area (Å²) in [5.41, 5.74) is 14.0. The minimum atomic E-state index is 0.305. The van der Waals surface area contributed by atoms with Crippen molar-refractivity contribution < 1.29 is 0 Å². The first-order chi connectivity index (χ1) is 12.2. The van der Waals surface area contributed by atoms with Gasteiger partial charge in [-0.05, 0) is 25.0 Å². The molecule has 4 rings (SSSR count). The molecule has 0 spiro atoms. The highest BCUT2D eigenvalue weighted by molar-refractivity contribution is 5.45. The first kappa shape index (κ1) is 16.2. The molecule has 7 nitrogen and oxygen atoms in total. The molecule has 1 saturated carbocycles. The quantitative estimate of drug-likeness (QED) is 0.857. The predicted octanol–water partition coefficient (Wildman–Crippen LogP) is 0.981. The highest BCUT2D eigenvalue weighted by Gasteiger charge is 2.29. The number of hydrogen-bond acceptors (Lipinski definition) is 7. The Hall–Kier alpha value is -2.25. The second-order valence-electron chi connectivity index (χ2n) is 7.02. The highest BCUT2D eigenvalue weighted by atomic mass is 15.3. The third-order valence-corrected chi connectivity index (χ3v) is 5.15. The summed E-state index contributed by atoms with van der Waals surface area (Å²) in [6.07, 6.45) is 3.84. The number of aromatic nitrogens is 3. The van der Waals surface area contributed by atoms with Crippen LogP contribution in [0.15, 0.2) is 30.5 Å².